The molecule has 22 heavy (non-hydrogen) atoms. The highest BCUT2D eigenvalue weighted by atomic mass is 16.5. The molecule has 0 aromatic heterocycles. The van der Waals surface area contributed by atoms with Gasteiger partial charge in [-0.05, 0) is 24.5 Å². The van der Waals surface area contributed by atoms with Gasteiger partial charge in [0.1, 0.15) is 0 Å². The molecule has 0 aliphatic rings. The molecule has 0 fully saturated rings. The standard InChI is InChI=1S/C19H24O3/c1-16(21-14-17-8-4-2-5-9-17)19(12-13-20)22-15-18-10-6-3-7-11-18/h2-11,16,19-20H,12-15H2,1H3/t16-,19+/m1/s1. The summed E-state index contributed by atoms with van der Waals surface area (Å²) in [7, 11) is 0. The molecular formula is C19H24O3. The summed E-state index contributed by atoms with van der Waals surface area (Å²) in [5.41, 5.74) is 2.26. The summed E-state index contributed by atoms with van der Waals surface area (Å²) >= 11 is 0. The van der Waals surface area contributed by atoms with Crippen LogP contribution >= 0.6 is 0 Å². The highest BCUT2D eigenvalue weighted by Crippen LogP contribution is 2.13. The molecule has 0 saturated heterocycles. The van der Waals surface area contributed by atoms with Gasteiger partial charge >= 0.3 is 0 Å². The van der Waals surface area contributed by atoms with Crippen LogP contribution in [0.25, 0.3) is 0 Å². The van der Waals surface area contributed by atoms with E-state index in [1.54, 1.807) is 0 Å². The maximum absolute atomic E-state index is 9.23. The molecule has 1 N–H and O–H groups in total. The summed E-state index contributed by atoms with van der Waals surface area (Å²) in [4.78, 5) is 0. The number of hydrogen-bond acceptors (Lipinski definition) is 3. The third-order valence-corrected chi connectivity index (χ3v) is 3.60. The fourth-order valence-corrected chi connectivity index (χ4v) is 2.27. The van der Waals surface area contributed by atoms with Crippen LogP contribution in [0.2, 0.25) is 0 Å². The fraction of sp³-hybridized carbons (Fsp3) is 0.368. The van der Waals surface area contributed by atoms with Gasteiger partial charge in [0.15, 0.2) is 0 Å². The van der Waals surface area contributed by atoms with Crippen molar-refractivity contribution in [1.29, 1.82) is 0 Å². The molecule has 0 radical (unpaired) electrons. The van der Waals surface area contributed by atoms with E-state index in [0.29, 0.717) is 19.6 Å². The summed E-state index contributed by atoms with van der Waals surface area (Å²) in [6, 6.07) is 20.1. The van der Waals surface area contributed by atoms with E-state index >= 15 is 0 Å². The zero-order valence-corrected chi connectivity index (χ0v) is 13.0. The molecule has 0 aliphatic carbocycles. The van der Waals surface area contributed by atoms with Gasteiger partial charge in [-0.2, -0.15) is 0 Å². The molecule has 2 rings (SSSR count). The zero-order valence-electron chi connectivity index (χ0n) is 13.0. The van der Waals surface area contributed by atoms with E-state index in [2.05, 4.69) is 0 Å². The van der Waals surface area contributed by atoms with Crippen LogP contribution in [0.4, 0.5) is 0 Å². The van der Waals surface area contributed by atoms with Gasteiger partial charge in [0.25, 0.3) is 0 Å². The Morgan fingerprint density at radius 2 is 1.32 bits per heavy atom. The van der Waals surface area contributed by atoms with Crippen molar-refractivity contribution in [1.82, 2.24) is 0 Å². The number of ether oxygens (including phenoxy) is 2. The summed E-state index contributed by atoms with van der Waals surface area (Å²) in [5.74, 6) is 0. The predicted molar refractivity (Wildman–Crippen MR) is 87.4 cm³/mol. The highest BCUT2D eigenvalue weighted by Gasteiger charge is 2.18. The van der Waals surface area contributed by atoms with Gasteiger partial charge in [-0.15, -0.1) is 0 Å². The molecule has 118 valence electrons. The van der Waals surface area contributed by atoms with E-state index in [-0.39, 0.29) is 18.8 Å². The number of rotatable bonds is 9. The molecule has 2 aromatic carbocycles. The van der Waals surface area contributed by atoms with E-state index in [9.17, 15) is 5.11 Å². The van der Waals surface area contributed by atoms with Crippen LogP contribution in [0.15, 0.2) is 60.7 Å². The molecule has 3 nitrogen and oxygen atoms in total. The lowest BCUT2D eigenvalue weighted by Gasteiger charge is -2.24. The maximum Gasteiger partial charge on any atom is 0.0860 e. The van der Waals surface area contributed by atoms with E-state index < -0.39 is 0 Å². The van der Waals surface area contributed by atoms with Crippen molar-refractivity contribution in [3.63, 3.8) is 0 Å². The number of aliphatic hydroxyl groups excluding tert-OH is 1. The molecule has 0 bridgehead atoms. The first-order valence-electron chi connectivity index (χ1n) is 7.71. The SMILES string of the molecule is C[C@@H](OCc1ccccc1)[C@H](CCO)OCc1ccccc1. The van der Waals surface area contributed by atoms with Crippen LogP contribution in [0.3, 0.4) is 0 Å². The summed E-state index contributed by atoms with van der Waals surface area (Å²) in [5, 5.41) is 9.23. The second-order valence-corrected chi connectivity index (χ2v) is 5.35. The molecule has 0 spiro atoms. The summed E-state index contributed by atoms with van der Waals surface area (Å²) < 4.78 is 11.8. The third kappa shape index (κ3) is 5.60. The Kier molecular flexibility index (Phi) is 7.10. The van der Waals surface area contributed by atoms with Gasteiger partial charge in [0.2, 0.25) is 0 Å². The van der Waals surface area contributed by atoms with E-state index in [1.807, 2.05) is 67.6 Å². The Bertz CT molecular complexity index is 513. The summed E-state index contributed by atoms with van der Waals surface area (Å²) in [6.45, 7) is 3.18. The molecule has 0 amide bonds. The Morgan fingerprint density at radius 3 is 1.82 bits per heavy atom. The third-order valence-electron chi connectivity index (χ3n) is 3.60. The average Bonchev–Trinajstić information content (AvgIpc) is 2.58. The van der Waals surface area contributed by atoms with Crippen molar-refractivity contribution >= 4 is 0 Å². The lowest BCUT2D eigenvalue weighted by Crippen LogP contribution is -2.30. The highest BCUT2D eigenvalue weighted by molar-refractivity contribution is 5.14. The van der Waals surface area contributed by atoms with Crippen molar-refractivity contribution in [2.24, 2.45) is 0 Å². The first kappa shape index (κ1) is 16.7. The number of benzene rings is 2. The quantitative estimate of drug-likeness (QED) is 0.769. The largest absolute Gasteiger partial charge is 0.396 e. The molecule has 0 aliphatic heterocycles. The molecule has 3 heteroatoms. The lowest BCUT2D eigenvalue weighted by molar-refractivity contribution is -0.0847. The van der Waals surface area contributed by atoms with Crippen LogP contribution in [0.5, 0.6) is 0 Å². The van der Waals surface area contributed by atoms with Gasteiger partial charge in [0.05, 0.1) is 25.4 Å². The van der Waals surface area contributed by atoms with Crippen molar-refractivity contribution in [3.05, 3.63) is 71.8 Å². The first-order valence-corrected chi connectivity index (χ1v) is 7.71. The van der Waals surface area contributed by atoms with E-state index in [4.69, 9.17) is 9.47 Å². The maximum atomic E-state index is 9.23. The minimum Gasteiger partial charge on any atom is -0.396 e. The molecule has 2 aromatic rings. The minimum absolute atomic E-state index is 0.0731. The second kappa shape index (κ2) is 9.36. The van der Waals surface area contributed by atoms with Gasteiger partial charge < -0.3 is 14.6 Å². The van der Waals surface area contributed by atoms with E-state index in [1.165, 1.54) is 0 Å². The van der Waals surface area contributed by atoms with Crippen LogP contribution < -0.4 is 0 Å². The Balaban J connectivity index is 1.83. The van der Waals surface area contributed by atoms with Crippen LogP contribution in [0, 0.1) is 0 Å². The summed E-state index contributed by atoms with van der Waals surface area (Å²) in [6.07, 6.45) is 0.382. The van der Waals surface area contributed by atoms with Crippen molar-refractivity contribution in [2.45, 2.75) is 38.8 Å². The van der Waals surface area contributed by atoms with Gasteiger partial charge in [0, 0.05) is 6.61 Å². The molecule has 0 saturated carbocycles. The van der Waals surface area contributed by atoms with Crippen molar-refractivity contribution < 1.29 is 14.6 Å². The fourth-order valence-electron chi connectivity index (χ4n) is 2.27. The normalized spacial score (nSPS) is 13.7. The molecule has 0 unspecified atom stereocenters. The molecule has 0 heterocycles. The zero-order chi connectivity index (χ0) is 15.6. The van der Waals surface area contributed by atoms with Gasteiger partial charge in [-0.25, -0.2) is 0 Å². The van der Waals surface area contributed by atoms with Crippen LogP contribution in [-0.4, -0.2) is 23.9 Å². The monoisotopic (exact) mass is 300 g/mol. The minimum atomic E-state index is -0.117. The van der Waals surface area contributed by atoms with E-state index in [0.717, 1.165) is 11.1 Å². The second-order valence-electron chi connectivity index (χ2n) is 5.35. The Morgan fingerprint density at radius 1 is 0.818 bits per heavy atom. The van der Waals surface area contributed by atoms with Crippen molar-refractivity contribution in [3.8, 4) is 0 Å². The Labute approximate surface area is 132 Å². The van der Waals surface area contributed by atoms with Crippen LogP contribution in [-0.2, 0) is 22.7 Å². The van der Waals surface area contributed by atoms with Gasteiger partial charge in [-0.3, -0.25) is 0 Å². The molecular weight excluding hydrogens is 276 g/mol. The van der Waals surface area contributed by atoms with Crippen molar-refractivity contribution in [2.75, 3.05) is 6.61 Å². The Hall–Kier alpha value is -1.68. The lowest BCUT2D eigenvalue weighted by atomic mass is 10.1. The van der Waals surface area contributed by atoms with Gasteiger partial charge in [-0.1, -0.05) is 60.7 Å². The predicted octanol–water partition coefficient (Wildman–Crippen LogP) is 3.56. The topological polar surface area (TPSA) is 38.7 Å². The smallest absolute Gasteiger partial charge is 0.0860 e. The average molecular weight is 300 g/mol. The molecule has 2 atom stereocenters. The first-order chi connectivity index (χ1) is 10.8. The van der Waals surface area contributed by atoms with Crippen LogP contribution in [0.1, 0.15) is 24.5 Å². The number of hydrogen-bond donors (Lipinski definition) is 1. The number of aliphatic hydroxyl groups is 1.